The van der Waals surface area contributed by atoms with E-state index >= 15 is 0 Å². The third-order valence-electron chi connectivity index (χ3n) is 2.22. The van der Waals surface area contributed by atoms with E-state index in [0.717, 1.165) is 0 Å². The van der Waals surface area contributed by atoms with Crippen molar-refractivity contribution in [3.8, 4) is 5.75 Å². The predicted molar refractivity (Wildman–Crippen MR) is 64.0 cm³/mol. The Hall–Kier alpha value is -2.57. The third kappa shape index (κ3) is 5.07. The van der Waals surface area contributed by atoms with Crippen LogP contribution >= 0.6 is 0 Å². The molecule has 19 heavy (non-hydrogen) atoms. The van der Waals surface area contributed by atoms with Crippen LogP contribution in [0.3, 0.4) is 0 Å². The van der Waals surface area contributed by atoms with Crippen LogP contribution in [0.2, 0.25) is 0 Å². The zero-order valence-electron chi connectivity index (χ0n) is 10.1. The summed E-state index contributed by atoms with van der Waals surface area (Å²) in [6.07, 6.45) is -1.40. The molecule has 0 aliphatic carbocycles. The van der Waals surface area contributed by atoms with Gasteiger partial charge in [0.25, 0.3) is 0 Å². The lowest BCUT2D eigenvalue weighted by Crippen LogP contribution is -2.41. The highest BCUT2D eigenvalue weighted by molar-refractivity contribution is 5.79. The highest BCUT2D eigenvalue weighted by Gasteiger charge is 2.19. The monoisotopic (exact) mass is 267 g/mol. The number of hydrogen-bond acceptors (Lipinski definition) is 4. The molecule has 1 aromatic carbocycles. The Kier molecular flexibility index (Phi) is 4.87. The van der Waals surface area contributed by atoms with Gasteiger partial charge in [-0.2, -0.15) is 0 Å². The Bertz CT molecular complexity index is 481. The summed E-state index contributed by atoms with van der Waals surface area (Å²) in [6.45, 7) is 1.27. The number of esters is 1. The second-order valence-corrected chi connectivity index (χ2v) is 3.78. The molecule has 0 aliphatic heterocycles. The summed E-state index contributed by atoms with van der Waals surface area (Å²) in [5, 5.41) is 19.3. The van der Waals surface area contributed by atoms with E-state index in [0.29, 0.717) is 11.3 Å². The SMILES string of the molecule is CC(=O)Oc1ccc(C[C@H](NC(=O)O)C(=O)O)cc1. The quantitative estimate of drug-likeness (QED) is 0.539. The Morgan fingerprint density at radius 2 is 1.79 bits per heavy atom. The molecule has 0 spiro atoms. The van der Waals surface area contributed by atoms with E-state index in [-0.39, 0.29) is 6.42 Å². The van der Waals surface area contributed by atoms with Crippen molar-refractivity contribution >= 4 is 18.0 Å². The van der Waals surface area contributed by atoms with E-state index in [1.807, 2.05) is 5.32 Å². The van der Waals surface area contributed by atoms with E-state index in [1.54, 1.807) is 12.1 Å². The van der Waals surface area contributed by atoms with Gasteiger partial charge in [-0.15, -0.1) is 0 Å². The molecule has 0 bridgehead atoms. The fraction of sp³-hybridized carbons (Fsp3) is 0.250. The third-order valence-corrected chi connectivity index (χ3v) is 2.22. The first-order valence-corrected chi connectivity index (χ1v) is 5.38. The van der Waals surface area contributed by atoms with Gasteiger partial charge in [0.2, 0.25) is 0 Å². The van der Waals surface area contributed by atoms with Crippen molar-refractivity contribution in [1.29, 1.82) is 0 Å². The molecule has 0 saturated carbocycles. The van der Waals surface area contributed by atoms with Crippen molar-refractivity contribution in [3.63, 3.8) is 0 Å². The number of rotatable bonds is 5. The molecule has 7 nitrogen and oxygen atoms in total. The van der Waals surface area contributed by atoms with Crippen LogP contribution in [0.25, 0.3) is 0 Å². The van der Waals surface area contributed by atoms with Crippen molar-refractivity contribution < 1.29 is 29.3 Å². The Morgan fingerprint density at radius 1 is 1.21 bits per heavy atom. The molecule has 0 radical (unpaired) electrons. The zero-order chi connectivity index (χ0) is 14.4. The number of benzene rings is 1. The van der Waals surface area contributed by atoms with Gasteiger partial charge in [0, 0.05) is 13.3 Å². The smallest absolute Gasteiger partial charge is 0.405 e. The molecular formula is C12H13NO6. The molecule has 0 unspecified atom stereocenters. The molecule has 0 aromatic heterocycles. The lowest BCUT2D eigenvalue weighted by atomic mass is 10.1. The van der Waals surface area contributed by atoms with Gasteiger partial charge in [-0.25, -0.2) is 9.59 Å². The lowest BCUT2D eigenvalue weighted by molar-refractivity contribution is -0.139. The van der Waals surface area contributed by atoms with Gasteiger partial charge in [-0.1, -0.05) is 12.1 Å². The average molecular weight is 267 g/mol. The normalized spacial score (nSPS) is 11.4. The summed E-state index contributed by atoms with van der Waals surface area (Å²) in [5.41, 5.74) is 0.608. The zero-order valence-corrected chi connectivity index (χ0v) is 10.1. The van der Waals surface area contributed by atoms with E-state index in [9.17, 15) is 14.4 Å². The standard InChI is InChI=1S/C12H13NO6/c1-7(14)19-9-4-2-8(3-5-9)6-10(11(15)16)13-12(17)18/h2-5,10,13H,6H2,1H3,(H,15,16)(H,17,18)/t10-/m0/s1. The maximum atomic E-state index is 10.9. The fourth-order valence-corrected chi connectivity index (χ4v) is 1.44. The highest BCUT2D eigenvalue weighted by Crippen LogP contribution is 2.13. The highest BCUT2D eigenvalue weighted by atomic mass is 16.5. The van der Waals surface area contributed by atoms with Gasteiger partial charge in [-0.05, 0) is 17.7 Å². The number of nitrogens with one attached hydrogen (secondary N) is 1. The first-order chi connectivity index (χ1) is 8.88. The minimum Gasteiger partial charge on any atom is -0.480 e. The number of carboxylic acids is 1. The number of amides is 1. The van der Waals surface area contributed by atoms with Gasteiger partial charge >= 0.3 is 18.0 Å². The lowest BCUT2D eigenvalue weighted by Gasteiger charge is -2.12. The van der Waals surface area contributed by atoms with Gasteiger partial charge in [0.1, 0.15) is 11.8 Å². The maximum absolute atomic E-state index is 10.9. The van der Waals surface area contributed by atoms with Crippen LogP contribution < -0.4 is 10.1 Å². The summed E-state index contributed by atoms with van der Waals surface area (Å²) in [5.74, 6) is -1.37. The number of carboxylic acid groups (broad SMARTS) is 2. The Labute approximate surface area is 108 Å². The second-order valence-electron chi connectivity index (χ2n) is 3.78. The first kappa shape index (κ1) is 14.5. The van der Waals surface area contributed by atoms with Crippen molar-refractivity contribution in [2.45, 2.75) is 19.4 Å². The van der Waals surface area contributed by atoms with Crippen LogP contribution in [0.4, 0.5) is 4.79 Å². The van der Waals surface area contributed by atoms with Crippen LogP contribution in [0.1, 0.15) is 12.5 Å². The summed E-state index contributed by atoms with van der Waals surface area (Å²) in [4.78, 5) is 32.0. The Balaban J connectivity index is 2.72. The van der Waals surface area contributed by atoms with E-state index < -0.39 is 24.1 Å². The molecule has 1 atom stereocenters. The minimum atomic E-state index is -1.40. The maximum Gasteiger partial charge on any atom is 0.405 e. The Morgan fingerprint density at radius 3 is 2.21 bits per heavy atom. The van der Waals surface area contributed by atoms with Gasteiger partial charge in [-0.3, -0.25) is 4.79 Å². The molecule has 7 heteroatoms. The molecule has 0 aliphatic rings. The first-order valence-electron chi connectivity index (χ1n) is 5.38. The topological polar surface area (TPSA) is 113 Å². The number of hydrogen-bond donors (Lipinski definition) is 3. The molecule has 0 saturated heterocycles. The summed E-state index contributed by atoms with van der Waals surface area (Å²) < 4.78 is 4.82. The van der Waals surface area contributed by atoms with Crippen LogP contribution in [0.15, 0.2) is 24.3 Å². The molecular weight excluding hydrogens is 254 g/mol. The van der Waals surface area contributed by atoms with Crippen molar-refractivity contribution in [3.05, 3.63) is 29.8 Å². The predicted octanol–water partition coefficient (Wildman–Crippen LogP) is 0.875. The van der Waals surface area contributed by atoms with Gasteiger partial charge < -0.3 is 20.3 Å². The molecule has 1 rings (SSSR count). The van der Waals surface area contributed by atoms with Crippen LogP contribution in [-0.2, 0) is 16.0 Å². The minimum absolute atomic E-state index is 0.00197. The number of carbonyl (C=O) groups is 3. The molecule has 1 aromatic rings. The summed E-state index contributed by atoms with van der Waals surface area (Å²) in [7, 11) is 0. The number of carbonyl (C=O) groups excluding carboxylic acids is 1. The molecule has 0 heterocycles. The van der Waals surface area contributed by atoms with Crippen LogP contribution in [-0.4, -0.2) is 34.3 Å². The number of ether oxygens (including phenoxy) is 1. The van der Waals surface area contributed by atoms with Crippen molar-refractivity contribution in [2.75, 3.05) is 0 Å². The largest absolute Gasteiger partial charge is 0.480 e. The summed E-state index contributed by atoms with van der Waals surface area (Å²) in [6, 6.07) is 4.93. The van der Waals surface area contributed by atoms with Gasteiger partial charge in [0.05, 0.1) is 0 Å². The molecule has 102 valence electrons. The molecule has 3 N–H and O–H groups in total. The van der Waals surface area contributed by atoms with E-state index in [4.69, 9.17) is 14.9 Å². The van der Waals surface area contributed by atoms with Crippen molar-refractivity contribution in [2.24, 2.45) is 0 Å². The summed E-state index contributed by atoms with van der Waals surface area (Å²) >= 11 is 0. The van der Waals surface area contributed by atoms with Gasteiger partial charge in [0.15, 0.2) is 0 Å². The molecule has 1 amide bonds. The fourth-order valence-electron chi connectivity index (χ4n) is 1.44. The van der Waals surface area contributed by atoms with E-state index in [1.165, 1.54) is 19.1 Å². The second kappa shape index (κ2) is 6.39. The van der Waals surface area contributed by atoms with Crippen molar-refractivity contribution in [1.82, 2.24) is 5.32 Å². The van der Waals surface area contributed by atoms with Crippen LogP contribution in [0.5, 0.6) is 5.75 Å². The average Bonchev–Trinajstić information content (AvgIpc) is 2.29. The number of aliphatic carboxylic acids is 1. The van der Waals surface area contributed by atoms with E-state index in [2.05, 4.69) is 0 Å². The van der Waals surface area contributed by atoms with Crippen LogP contribution in [0, 0.1) is 0 Å². The molecule has 0 fully saturated rings.